The molecule has 4 nitrogen and oxygen atoms in total. The molecule has 2 heterocycles. The molecule has 0 aliphatic heterocycles. The van der Waals surface area contributed by atoms with Gasteiger partial charge >= 0.3 is 6.18 Å². The van der Waals surface area contributed by atoms with Crippen molar-refractivity contribution in [2.75, 3.05) is 6.26 Å². The van der Waals surface area contributed by atoms with Crippen LogP contribution in [0.3, 0.4) is 0 Å². The zero-order chi connectivity index (χ0) is 16.4. The summed E-state index contributed by atoms with van der Waals surface area (Å²) < 4.78 is 54.4. The second-order valence-electron chi connectivity index (χ2n) is 4.77. The molecule has 0 saturated heterocycles. The van der Waals surface area contributed by atoms with Crippen LogP contribution < -0.4 is 0 Å². The minimum Gasteiger partial charge on any atom is -0.265 e. The molecule has 0 radical (unpaired) electrons. The van der Waals surface area contributed by atoms with E-state index in [1.165, 1.54) is 24.7 Å². The van der Waals surface area contributed by atoms with Crippen molar-refractivity contribution in [2.45, 2.75) is 18.3 Å². The number of hydrogen-bond donors (Lipinski definition) is 0. The van der Waals surface area contributed by atoms with Gasteiger partial charge in [0, 0.05) is 24.8 Å². The molecule has 0 N–H and O–H groups in total. The zero-order valence-corrected chi connectivity index (χ0v) is 12.7. The van der Waals surface area contributed by atoms with Gasteiger partial charge in [-0.3, -0.25) is 9.97 Å². The highest BCUT2D eigenvalue weighted by Gasteiger charge is 2.32. The average Bonchev–Trinajstić information content (AvgIpc) is 2.46. The van der Waals surface area contributed by atoms with Gasteiger partial charge in [0.05, 0.1) is 20.7 Å². The van der Waals surface area contributed by atoms with E-state index >= 15 is 0 Å². The Balaban J connectivity index is 2.33. The van der Waals surface area contributed by atoms with Gasteiger partial charge in [-0.25, -0.2) is 4.21 Å². The highest BCUT2D eigenvalue weighted by Crippen LogP contribution is 2.30. The molecule has 0 aromatic carbocycles. The summed E-state index contributed by atoms with van der Waals surface area (Å²) in [5.74, 6) is 0. The standard InChI is InChI=1S/C14H14F3N3OS/c1-10(11-3-4-13(19-9-11)14(15,16)17)22(2,21)20-12-5-7-18-8-6-12/h3-10H,1-2H3. The minimum absolute atomic E-state index is 0.443. The van der Waals surface area contributed by atoms with E-state index in [9.17, 15) is 17.4 Å². The molecule has 118 valence electrons. The maximum Gasteiger partial charge on any atom is 0.433 e. The lowest BCUT2D eigenvalue weighted by Crippen LogP contribution is -2.11. The Morgan fingerprint density at radius 2 is 1.82 bits per heavy atom. The molecule has 0 bridgehead atoms. The Hall–Kier alpha value is -1.96. The quantitative estimate of drug-likeness (QED) is 0.855. The number of nitrogens with zero attached hydrogens (tertiary/aromatic N) is 3. The third-order valence-corrected chi connectivity index (χ3v) is 5.31. The van der Waals surface area contributed by atoms with Gasteiger partial charge in [0.1, 0.15) is 5.69 Å². The fourth-order valence-electron chi connectivity index (χ4n) is 1.76. The normalized spacial score (nSPS) is 15.9. The zero-order valence-electron chi connectivity index (χ0n) is 11.9. The van der Waals surface area contributed by atoms with E-state index < -0.39 is 26.8 Å². The number of aromatic nitrogens is 2. The average molecular weight is 329 g/mol. The number of halogens is 3. The van der Waals surface area contributed by atoms with Gasteiger partial charge in [0.25, 0.3) is 0 Å². The van der Waals surface area contributed by atoms with E-state index in [-0.39, 0.29) is 0 Å². The van der Waals surface area contributed by atoms with E-state index in [4.69, 9.17) is 0 Å². The van der Waals surface area contributed by atoms with Gasteiger partial charge in [-0.05, 0) is 30.7 Å². The molecule has 0 saturated carbocycles. The van der Waals surface area contributed by atoms with Gasteiger partial charge < -0.3 is 0 Å². The lowest BCUT2D eigenvalue weighted by atomic mass is 10.2. The van der Waals surface area contributed by atoms with Crippen molar-refractivity contribution in [3.05, 3.63) is 54.1 Å². The van der Waals surface area contributed by atoms with Crippen molar-refractivity contribution in [1.29, 1.82) is 0 Å². The first-order valence-corrected chi connectivity index (χ1v) is 8.33. The lowest BCUT2D eigenvalue weighted by molar-refractivity contribution is -0.141. The molecule has 2 atom stereocenters. The fourth-order valence-corrected chi connectivity index (χ4v) is 3.10. The van der Waals surface area contributed by atoms with Gasteiger partial charge in [-0.2, -0.15) is 17.5 Å². The Morgan fingerprint density at radius 3 is 2.32 bits per heavy atom. The monoisotopic (exact) mass is 329 g/mol. The number of hydrogen-bond acceptors (Lipinski definition) is 4. The number of pyridine rings is 2. The van der Waals surface area contributed by atoms with Crippen LogP contribution in [-0.4, -0.2) is 20.4 Å². The van der Waals surface area contributed by atoms with Crippen molar-refractivity contribution in [1.82, 2.24) is 9.97 Å². The van der Waals surface area contributed by atoms with Crippen LogP contribution in [0.1, 0.15) is 23.4 Å². The lowest BCUT2D eigenvalue weighted by Gasteiger charge is -2.15. The first-order valence-electron chi connectivity index (χ1n) is 6.34. The summed E-state index contributed by atoms with van der Waals surface area (Å²) in [6.45, 7) is 1.65. The summed E-state index contributed by atoms with van der Waals surface area (Å²) >= 11 is 0. The van der Waals surface area contributed by atoms with Crippen LogP contribution in [0, 0.1) is 0 Å². The van der Waals surface area contributed by atoms with Crippen LogP contribution in [0.2, 0.25) is 0 Å². The third kappa shape index (κ3) is 3.82. The fraction of sp³-hybridized carbons (Fsp3) is 0.286. The Morgan fingerprint density at radius 1 is 1.18 bits per heavy atom. The smallest absolute Gasteiger partial charge is 0.265 e. The van der Waals surface area contributed by atoms with Gasteiger partial charge in [-0.15, -0.1) is 0 Å². The van der Waals surface area contributed by atoms with Crippen LogP contribution in [0.4, 0.5) is 18.9 Å². The van der Waals surface area contributed by atoms with Crippen molar-refractivity contribution in [3.8, 4) is 0 Å². The van der Waals surface area contributed by atoms with Crippen molar-refractivity contribution in [3.63, 3.8) is 0 Å². The summed E-state index contributed by atoms with van der Waals surface area (Å²) in [5, 5.41) is -0.560. The molecular weight excluding hydrogens is 315 g/mol. The molecule has 0 amide bonds. The second kappa shape index (κ2) is 6.04. The van der Waals surface area contributed by atoms with E-state index in [0.29, 0.717) is 11.3 Å². The van der Waals surface area contributed by atoms with E-state index in [1.54, 1.807) is 19.1 Å². The summed E-state index contributed by atoms with van der Waals surface area (Å²) in [6, 6.07) is 5.39. The van der Waals surface area contributed by atoms with Crippen LogP contribution in [0.25, 0.3) is 0 Å². The highest BCUT2D eigenvalue weighted by atomic mass is 32.2. The van der Waals surface area contributed by atoms with Crippen molar-refractivity contribution < 1.29 is 17.4 Å². The van der Waals surface area contributed by atoms with E-state index in [1.807, 2.05) is 0 Å². The van der Waals surface area contributed by atoms with Gasteiger partial charge in [0.2, 0.25) is 0 Å². The Labute approximate surface area is 126 Å². The molecule has 0 fully saturated rings. The second-order valence-corrected chi connectivity index (χ2v) is 7.39. The Kier molecular flexibility index (Phi) is 4.50. The Bertz CT molecular complexity index is 751. The van der Waals surface area contributed by atoms with Crippen molar-refractivity contribution in [2.24, 2.45) is 4.36 Å². The topological polar surface area (TPSA) is 55.2 Å². The molecule has 0 aliphatic rings. The van der Waals surface area contributed by atoms with Crippen molar-refractivity contribution >= 4 is 15.4 Å². The summed E-state index contributed by atoms with van der Waals surface area (Å²) in [6.07, 6.45) is 1.13. The molecule has 2 aromatic rings. The minimum atomic E-state index is -4.49. The number of alkyl halides is 3. The molecule has 0 aliphatic carbocycles. The molecule has 8 heteroatoms. The molecule has 0 spiro atoms. The summed E-state index contributed by atoms with van der Waals surface area (Å²) in [5.41, 5.74) is -0.0235. The van der Waals surface area contributed by atoms with E-state index in [0.717, 1.165) is 12.3 Å². The van der Waals surface area contributed by atoms with Gasteiger partial charge in [0.15, 0.2) is 0 Å². The van der Waals surface area contributed by atoms with Crippen LogP contribution in [0.5, 0.6) is 0 Å². The van der Waals surface area contributed by atoms with Gasteiger partial charge in [-0.1, -0.05) is 6.07 Å². The SMILES string of the molecule is CC(c1ccc(C(F)(F)F)nc1)S(C)(=O)=Nc1ccncc1. The number of rotatable bonds is 3. The van der Waals surface area contributed by atoms with Crippen LogP contribution >= 0.6 is 0 Å². The summed E-state index contributed by atoms with van der Waals surface area (Å²) in [4.78, 5) is 7.23. The maximum absolute atomic E-state index is 12.7. The molecule has 2 aromatic heterocycles. The van der Waals surface area contributed by atoms with Crippen LogP contribution in [-0.2, 0) is 15.9 Å². The first kappa shape index (κ1) is 16.4. The predicted molar refractivity (Wildman–Crippen MR) is 78.0 cm³/mol. The molecule has 22 heavy (non-hydrogen) atoms. The summed E-state index contributed by atoms with van der Waals surface area (Å²) in [7, 11) is -2.69. The van der Waals surface area contributed by atoms with E-state index in [2.05, 4.69) is 14.3 Å². The molecule has 2 rings (SSSR count). The molecule has 2 unspecified atom stereocenters. The first-order chi connectivity index (χ1) is 10.2. The van der Waals surface area contributed by atoms with Crippen LogP contribution in [0.15, 0.2) is 47.2 Å². The maximum atomic E-state index is 12.7. The molecular formula is C14H14F3N3OS. The largest absolute Gasteiger partial charge is 0.433 e. The third-order valence-electron chi connectivity index (χ3n) is 3.15. The predicted octanol–water partition coefficient (Wildman–Crippen LogP) is 3.99. The highest BCUT2D eigenvalue weighted by molar-refractivity contribution is 7.93.